The Morgan fingerprint density at radius 2 is 0.583 bits per heavy atom. The van der Waals surface area contributed by atoms with E-state index in [9.17, 15) is 14.7 Å². The Kier molecular flexibility index (Phi) is 36.3. The first-order valence-electron chi connectivity index (χ1n) is 21.3. The molecule has 0 heterocycles. The van der Waals surface area contributed by atoms with Gasteiger partial charge in [0.05, 0.1) is 0 Å². The maximum atomic E-state index is 12.0. The van der Waals surface area contributed by atoms with Crippen LogP contribution in [0.25, 0.3) is 0 Å². The lowest BCUT2D eigenvalue weighted by Crippen LogP contribution is -2.25. The molecule has 48 heavy (non-hydrogen) atoms. The Hall–Kier alpha value is -1.10. The summed E-state index contributed by atoms with van der Waals surface area (Å²) in [6, 6.07) is 0. The number of hydrogen-bond acceptors (Lipinski definition) is 5. The number of rotatable bonds is 38. The Morgan fingerprint density at radius 1 is 0.375 bits per heavy atom. The molecule has 1 atom stereocenters. The van der Waals surface area contributed by atoms with Crippen molar-refractivity contribution in [2.24, 2.45) is 11.8 Å². The first-order chi connectivity index (χ1) is 23.3. The van der Waals surface area contributed by atoms with Crippen LogP contribution >= 0.6 is 0 Å². The largest absolute Gasteiger partial charge is 0.463 e. The standard InChI is InChI=1S/C43H84O5/c1-39(2)33-29-25-21-17-13-9-7-5-6-8-10-15-19-23-27-31-35-42(45)47-37-41(44)38-48-43(46)36-32-28-24-20-16-12-11-14-18-22-26-30-34-40(3)4/h39-41,44H,5-38H2,1-4H3/t41-/m1/s1. The van der Waals surface area contributed by atoms with Crippen LogP contribution in [0.5, 0.6) is 0 Å². The number of unbranched alkanes of at least 4 members (excludes halogenated alkanes) is 26. The number of esters is 2. The van der Waals surface area contributed by atoms with Crippen LogP contribution < -0.4 is 0 Å². The zero-order valence-electron chi connectivity index (χ0n) is 32.9. The Bertz CT molecular complexity index is 676. The summed E-state index contributed by atoms with van der Waals surface area (Å²) in [7, 11) is 0. The van der Waals surface area contributed by atoms with E-state index in [4.69, 9.17) is 9.47 Å². The predicted octanol–water partition coefficient (Wildman–Crippen LogP) is 13.2. The van der Waals surface area contributed by atoms with Crippen molar-refractivity contribution in [3.05, 3.63) is 0 Å². The lowest BCUT2D eigenvalue weighted by Gasteiger charge is -2.12. The van der Waals surface area contributed by atoms with Gasteiger partial charge in [-0.05, 0) is 24.7 Å². The molecular weight excluding hydrogens is 596 g/mol. The van der Waals surface area contributed by atoms with Crippen LogP contribution in [-0.4, -0.2) is 36.4 Å². The van der Waals surface area contributed by atoms with Crippen LogP contribution in [0.2, 0.25) is 0 Å². The van der Waals surface area contributed by atoms with Gasteiger partial charge in [-0.15, -0.1) is 0 Å². The van der Waals surface area contributed by atoms with Crippen molar-refractivity contribution in [3.8, 4) is 0 Å². The third-order valence-electron chi connectivity index (χ3n) is 9.70. The highest BCUT2D eigenvalue weighted by molar-refractivity contribution is 5.69. The van der Waals surface area contributed by atoms with Gasteiger partial charge in [0.25, 0.3) is 0 Å². The van der Waals surface area contributed by atoms with Crippen LogP contribution in [0.15, 0.2) is 0 Å². The molecule has 0 aromatic carbocycles. The van der Waals surface area contributed by atoms with E-state index >= 15 is 0 Å². The summed E-state index contributed by atoms with van der Waals surface area (Å²) in [5.74, 6) is 1.15. The van der Waals surface area contributed by atoms with Crippen molar-refractivity contribution >= 4 is 11.9 Å². The molecule has 0 aromatic rings. The van der Waals surface area contributed by atoms with Crippen molar-refractivity contribution in [2.75, 3.05) is 13.2 Å². The van der Waals surface area contributed by atoms with Gasteiger partial charge in [-0.2, -0.15) is 0 Å². The second kappa shape index (κ2) is 37.2. The molecule has 5 heteroatoms. The van der Waals surface area contributed by atoms with Crippen LogP contribution in [0.4, 0.5) is 0 Å². The Morgan fingerprint density at radius 3 is 0.812 bits per heavy atom. The first kappa shape index (κ1) is 46.9. The SMILES string of the molecule is CC(C)CCCCCCCCCCCCCCCCCCC(=O)OC[C@@H](O)COC(=O)CCCCCCCCCCCCCCC(C)C. The second-order valence-corrected chi connectivity index (χ2v) is 15.8. The minimum absolute atomic E-state index is 0.108. The fourth-order valence-corrected chi connectivity index (χ4v) is 6.46. The maximum Gasteiger partial charge on any atom is 0.305 e. The summed E-state index contributed by atoms with van der Waals surface area (Å²) < 4.78 is 10.4. The maximum absolute atomic E-state index is 12.0. The lowest BCUT2D eigenvalue weighted by atomic mass is 10.0. The van der Waals surface area contributed by atoms with Crippen molar-refractivity contribution in [1.82, 2.24) is 0 Å². The Balaban J connectivity index is 3.37. The summed E-state index contributed by atoms with van der Waals surface area (Å²) in [5, 5.41) is 10.0. The zero-order chi connectivity index (χ0) is 35.3. The minimum Gasteiger partial charge on any atom is -0.463 e. The molecule has 0 spiro atoms. The van der Waals surface area contributed by atoms with Gasteiger partial charge in [0.15, 0.2) is 0 Å². The number of ether oxygens (including phenoxy) is 2. The van der Waals surface area contributed by atoms with Gasteiger partial charge < -0.3 is 14.6 Å². The molecule has 286 valence electrons. The summed E-state index contributed by atoms with van der Waals surface area (Å²) in [6.45, 7) is 9.04. The van der Waals surface area contributed by atoms with E-state index < -0.39 is 6.10 Å². The van der Waals surface area contributed by atoms with Crippen molar-refractivity contribution < 1.29 is 24.2 Å². The van der Waals surface area contributed by atoms with Gasteiger partial charge >= 0.3 is 11.9 Å². The van der Waals surface area contributed by atoms with Gasteiger partial charge in [-0.25, -0.2) is 0 Å². The Labute approximate surface area is 299 Å². The van der Waals surface area contributed by atoms with Crippen LogP contribution in [0, 0.1) is 11.8 Å². The molecule has 0 radical (unpaired) electrons. The molecule has 0 fully saturated rings. The average molecular weight is 681 g/mol. The fourth-order valence-electron chi connectivity index (χ4n) is 6.46. The zero-order valence-corrected chi connectivity index (χ0v) is 32.9. The third-order valence-corrected chi connectivity index (χ3v) is 9.70. The molecule has 0 rings (SSSR count). The third kappa shape index (κ3) is 39.3. The van der Waals surface area contributed by atoms with Gasteiger partial charge in [0, 0.05) is 12.8 Å². The molecule has 0 bridgehead atoms. The van der Waals surface area contributed by atoms with Crippen molar-refractivity contribution in [3.63, 3.8) is 0 Å². The minimum atomic E-state index is -0.956. The van der Waals surface area contributed by atoms with E-state index in [0.29, 0.717) is 12.8 Å². The molecule has 0 saturated heterocycles. The monoisotopic (exact) mass is 681 g/mol. The first-order valence-corrected chi connectivity index (χ1v) is 21.3. The van der Waals surface area contributed by atoms with Gasteiger partial charge in [-0.1, -0.05) is 207 Å². The summed E-state index contributed by atoms with van der Waals surface area (Å²) in [6.07, 6.45) is 38.8. The van der Waals surface area contributed by atoms with Crippen LogP contribution in [0.1, 0.15) is 233 Å². The molecule has 0 aromatic heterocycles. The summed E-state index contributed by atoms with van der Waals surface area (Å²) in [4.78, 5) is 24.0. The molecule has 0 aliphatic heterocycles. The van der Waals surface area contributed by atoms with E-state index in [1.165, 1.54) is 167 Å². The fraction of sp³-hybridized carbons (Fsp3) is 0.953. The van der Waals surface area contributed by atoms with E-state index in [1.807, 2.05) is 0 Å². The normalized spacial score (nSPS) is 12.2. The number of carbonyl (C=O) groups is 2. The lowest BCUT2D eigenvalue weighted by molar-refractivity contribution is -0.152. The number of aliphatic hydroxyl groups is 1. The van der Waals surface area contributed by atoms with E-state index in [0.717, 1.165) is 37.5 Å². The highest BCUT2D eigenvalue weighted by Gasteiger charge is 2.12. The van der Waals surface area contributed by atoms with E-state index in [2.05, 4.69) is 27.7 Å². The molecular formula is C43H84O5. The smallest absolute Gasteiger partial charge is 0.305 e. The summed E-state index contributed by atoms with van der Waals surface area (Å²) in [5.41, 5.74) is 0. The van der Waals surface area contributed by atoms with Crippen molar-refractivity contribution in [1.29, 1.82) is 0 Å². The summed E-state index contributed by atoms with van der Waals surface area (Å²) >= 11 is 0. The molecule has 1 N–H and O–H groups in total. The molecule has 0 aliphatic rings. The molecule has 0 saturated carbocycles. The topological polar surface area (TPSA) is 72.8 Å². The van der Waals surface area contributed by atoms with Gasteiger partial charge in [0.1, 0.15) is 19.3 Å². The molecule has 0 aliphatic carbocycles. The number of hydrogen-bond donors (Lipinski definition) is 1. The van der Waals surface area contributed by atoms with Crippen molar-refractivity contribution in [2.45, 2.75) is 239 Å². The second-order valence-electron chi connectivity index (χ2n) is 15.8. The van der Waals surface area contributed by atoms with Gasteiger partial charge in [0.2, 0.25) is 0 Å². The quantitative estimate of drug-likeness (QED) is 0.0519. The highest BCUT2D eigenvalue weighted by atomic mass is 16.6. The van der Waals surface area contributed by atoms with E-state index in [1.54, 1.807) is 0 Å². The number of aliphatic hydroxyl groups excluding tert-OH is 1. The highest BCUT2D eigenvalue weighted by Crippen LogP contribution is 2.17. The van der Waals surface area contributed by atoms with E-state index in [-0.39, 0.29) is 25.2 Å². The molecule has 5 nitrogen and oxygen atoms in total. The van der Waals surface area contributed by atoms with Gasteiger partial charge in [-0.3, -0.25) is 9.59 Å². The van der Waals surface area contributed by atoms with Crippen LogP contribution in [0.3, 0.4) is 0 Å². The molecule has 0 unspecified atom stereocenters. The number of carbonyl (C=O) groups excluding carboxylic acids is 2. The average Bonchev–Trinajstić information content (AvgIpc) is 3.05. The predicted molar refractivity (Wildman–Crippen MR) is 205 cm³/mol. The molecule has 0 amide bonds. The van der Waals surface area contributed by atoms with Crippen LogP contribution in [-0.2, 0) is 19.1 Å².